The fourth-order valence-electron chi connectivity index (χ4n) is 4.31. The third-order valence-electron chi connectivity index (χ3n) is 6.44. The summed E-state index contributed by atoms with van der Waals surface area (Å²) in [7, 11) is 0. The molecule has 2 atom stereocenters. The lowest BCUT2D eigenvalue weighted by atomic mass is 9.96. The molecule has 1 N–H and O–H groups in total. The number of ether oxygens (including phenoxy) is 1. The monoisotopic (exact) mass is 519 g/mol. The molecule has 2 aromatic carbocycles. The molecule has 6 nitrogen and oxygen atoms in total. The summed E-state index contributed by atoms with van der Waals surface area (Å²) in [5.74, 6) is 0.217. The van der Waals surface area contributed by atoms with E-state index in [1.54, 1.807) is 4.57 Å². The van der Waals surface area contributed by atoms with Crippen LogP contribution in [0.25, 0.3) is 15.9 Å². The van der Waals surface area contributed by atoms with Crippen LogP contribution in [0.3, 0.4) is 0 Å². The van der Waals surface area contributed by atoms with E-state index in [2.05, 4.69) is 19.2 Å². The van der Waals surface area contributed by atoms with E-state index >= 15 is 0 Å². The summed E-state index contributed by atoms with van der Waals surface area (Å²) in [6.07, 6.45) is 0.790. The summed E-state index contributed by atoms with van der Waals surface area (Å²) in [4.78, 5) is 33.7. The van der Waals surface area contributed by atoms with E-state index in [9.17, 15) is 9.59 Å². The number of aryl methyl sites for hydroxylation is 1. The zero-order valence-corrected chi connectivity index (χ0v) is 22.4. The highest BCUT2D eigenvalue weighted by Gasteiger charge is 2.29. The fourth-order valence-corrected chi connectivity index (χ4v) is 6.41. The van der Waals surface area contributed by atoms with Gasteiger partial charge in [0.2, 0.25) is 5.91 Å². The zero-order valence-electron chi connectivity index (χ0n) is 20.8. The standard InChI is InChI=1S/C28H29N3O3S2/c1-16(2)22-14-21-23(15-34-22)36-26-24(21)27(33)31(20-12-10-17(3)11-13-20)28(30-26)35-18(4)25(32)29-19-8-6-5-7-9-19/h5-13,16,18,22H,14-15H2,1-4H3,(H,29,32). The molecule has 0 spiro atoms. The van der Waals surface area contributed by atoms with Crippen LogP contribution in [0.5, 0.6) is 0 Å². The van der Waals surface area contributed by atoms with Gasteiger partial charge in [-0.2, -0.15) is 0 Å². The number of hydrogen-bond acceptors (Lipinski definition) is 6. The maximum atomic E-state index is 14.1. The SMILES string of the molecule is Cc1ccc(-n2c(SC(C)C(=O)Nc3ccccc3)nc3sc4c(c3c2=O)CC(C(C)C)OC4)cc1. The number of fused-ring (bicyclic) bond motifs is 3. The number of anilines is 1. The summed E-state index contributed by atoms with van der Waals surface area (Å²) in [5.41, 5.74) is 3.55. The van der Waals surface area contributed by atoms with Gasteiger partial charge in [-0.05, 0) is 49.6 Å². The van der Waals surface area contributed by atoms with Crippen LogP contribution in [0.2, 0.25) is 0 Å². The van der Waals surface area contributed by atoms with Crippen LogP contribution in [0.4, 0.5) is 5.69 Å². The second-order valence-electron chi connectivity index (χ2n) is 9.47. The molecule has 0 fully saturated rings. The Balaban J connectivity index is 1.58. The van der Waals surface area contributed by atoms with Crippen LogP contribution in [0.1, 0.15) is 36.8 Å². The Morgan fingerprint density at radius 3 is 2.56 bits per heavy atom. The number of carbonyl (C=O) groups is 1. The maximum Gasteiger partial charge on any atom is 0.267 e. The first-order valence-corrected chi connectivity index (χ1v) is 13.8. The maximum absolute atomic E-state index is 14.1. The molecule has 5 rings (SSSR count). The Hall–Kier alpha value is -2.94. The van der Waals surface area contributed by atoms with Gasteiger partial charge < -0.3 is 10.1 Å². The lowest BCUT2D eigenvalue weighted by Crippen LogP contribution is -2.29. The molecular formula is C28H29N3O3S2. The van der Waals surface area contributed by atoms with Crippen molar-refractivity contribution >= 4 is 44.9 Å². The van der Waals surface area contributed by atoms with Gasteiger partial charge in [-0.3, -0.25) is 14.2 Å². The minimum Gasteiger partial charge on any atom is -0.372 e. The Kier molecular flexibility index (Phi) is 7.01. The summed E-state index contributed by atoms with van der Waals surface area (Å²) >= 11 is 2.82. The molecule has 0 aliphatic carbocycles. The molecule has 2 unspecified atom stereocenters. The lowest BCUT2D eigenvalue weighted by molar-refractivity contribution is -0.115. The van der Waals surface area contributed by atoms with E-state index < -0.39 is 5.25 Å². The number of nitrogens with zero attached hydrogens (tertiary/aromatic N) is 2. The predicted molar refractivity (Wildman–Crippen MR) is 147 cm³/mol. The van der Waals surface area contributed by atoms with E-state index in [1.165, 1.54) is 23.1 Å². The largest absolute Gasteiger partial charge is 0.372 e. The summed E-state index contributed by atoms with van der Waals surface area (Å²) in [5, 5.41) is 3.67. The van der Waals surface area contributed by atoms with Gasteiger partial charge in [0.1, 0.15) is 4.83 Å². The number of amides is 1. The normalized spacial score (nSPS) is 16.2. The van der Waals surface area contributed by atoms with Crippen LogP contribution >= 0.6 is 23.1 Å². The highest BCUT2D eigenvalue weighted by atomic mass is 32.2. The first-order chi connectivity index (χ1) is 17.3. The minimum atomic E-state index is -0.463. The molecule has 2 aromatic heterocycles. The van der Waals surface area contributed by atoms with Crippen molar-refractivity contribution in [1.82, 2.24) is 9.55 Å². The van der Waals surface area contributed by atoms with Gasteiger partial charge >= 0.3 is 0 Å². The number of para-hydroxylation sites is 1. The number of nitrogens with one attached hydrogen (secondary N) is 1. The molecule has 4 aromatic rings. The van der Waals surface area contributed by atoms with E-state index in [0.29, 0.717) is 34.3 Å². The van der Waals surface area contributed by atoms with Crippen molar-refractivity contribution in [3.8, 4) is 5.69 Å². The van der Waals surface area contributed by atoms with E-state index in [0.717, 1.165) is 27.4 Å². The number of aromatic nitrogens is 2. The van der Waals surface area contributed by atoms with E-state index in [-0.39, 0.29) is 17.6 Å². The molecule has 0 saturated carbocycles. The van der Waals surface area contributed by atoms with Gasteiger partial charge in [-0.25, -0.2) is 4.98 Å². The van der Waals surface area contributed by atoms with Crippen molar-refractivity contribution in [2.75, 3.05) is 5.32 Å². The predicted octanol–water partition coefficient (Wildman–Crippen LogP) is 5.97. The van der Waals surface area contributed by atoms with Crippen molar-refractivity contribution in [2.45, 2.75) is 57.2 Å². The minimum absolute atomic E-state index is 0.0817. The molecule has 0 radical (unpaired) electrons. The molecule has 0 saturated heterocycles. The van der Waals surface area contributed by atoms with Gasteiger partial charge in [0.15, 0.2) is 5.16 Å². The highest BCUT2D eigenvalue weighted by Crippen LogP contribution is 2.37. The van der Waals surface area contributed by atoms with Gasteiger partial charge in [-0.15, -0.1) is 11.3 Å². The Morgan fingerprint density at radius 2 is 1.86 bits per heavy atom. The molecule has 1 aliphatic heterocycles. The van der Waals surface area contributed by atoms with E-state index in [4.69, 9.17) is 9.72 Å². The second-order valence-corrected chi connectivity index (χ2v) is 11.9. The van der Waals surface area contributed by atoms with Gasteiger partial charge in [0, 0.05) is 17.0 Å². The van der Waals surface area contributed by atoms with Crippen LogP contribution in [0, 0.1) is 12.8 Å². The highest BCUT2D eigenvalue weighted by molar-refractivity contribution is 8.00. The summed E-state index contributed by atoms with van der Waals surface area (Å²) in [6, 6.07) is 17.2. The molecule has 186 valence electrons. The zero-order chi connectivity index (χ0) is 25.4. The number of thiophene rings is 1. The summed E-state index contributed by atoms with van der Waals surface area (Å²) in [6.45, 7) is 8.63. The lowest BCUT2D eigenvalue weighted by Gasteiger charge is -2.26. The van der Waals surface area contributed by atoms with Crippen LogP contribution in [-0.2, 0) is 22.6 Å². The molecule has 0 bridgehead atoms. The van der Waals surface area contributed by atoms with Crippen molar-refractivity contribution in [3.63, 3.8) is 0 Å². The molecule has 1 amide bonds. The first kappa shape index (κ1) is 24.7. The number of hydrogen-bond donors (Lipinski definition) is 1. The molecular weight excluding hydrogens is 490 g/mol. The van der Waals surface area contributed by atoms with Crippen molar-refractivity contribution in [3.05, 3.63) is 81.0 Å². The Bertz CT molecular complexity index is 1460. The molecule has 3 heterocycles. The molecule has 1 aliphatic rings. The van der Waals surface area contributed by atoms with Crippen LogP contribution in [0.15, 0.2) is 64.5 Å². The average Bonchev–Trinajstić information content (AvgIpc) is 3.23. The average molecular weight is 520 g/mol. The molecule has 36 heavy (non-hydrogen) atoms. The quantitative estimate of drug-likeness (QED) is 0.251. The number of thioether (sulfide) groups is 1. The third kappa shape index (κ3) is 4.85. The second kappa shape index (κ2) is 10.2. The van der Waals surface area contributed by atoms with Gasteiger partial charge in [0.25, 0.3) is 5.56 Å². The van der Waals surface area contributed by atoms with E-state index in [1.807, 2.05) is 68.4 Å². The van der Waals surface area contributed by atoms with Crippen LogP contribution in [-0.4, -0.2) is 26.8 Å². The van der Waals surface area contributed by atoms with Crippen LogP contribution < -0.4 is 10.9 Å². The Labute approximate surface area is 218 Å². The first-order valence-electron chi connectivity index (χ1n) is 12.1. The Morgan fingerprint density at radius 1 is 1.14 bits per heavy atom. The third-order valence-corrected chi connectivity index (χ3v) is 8.59. The van der Waals surface area contributed by atoms with Crippen molar-refractivity contribution < 1.29 is 9.53 Å². The number of benzene rings is 2. The van der Waals surface area contributed by atoms with Crippen molar-refractivity contribution in [2.24, 2.45) is 5.92 Å². The van der Waals surface area contributed by atoms with Crippen molar-refractivity contribution in [1.29, 1.82) is 0 Å². The number of carbonyl (C=O) groups excluding carboxylic acids is 1. The van der Waals surface area contributed by atoms with Gasteiger partial charge in [0.05, 0.1) is 29.0 Å². The molecule has 8 heteroatoms. The number of rotatable bonds is 6. The smallest absolute Gasteiger partial charge is 0.267 e. The topological polar surface area (TPSA) is 73.2 Å². The summed E-state index contributed by atoms with van der Waals surface area (Å²) < 4.78 is 7.72. The van der Waals surface area contributed by atoms with Gasteiger partial charge in [-0.1, -0.05) is 61.5 Å². The fraction of sp³-hybridized carbons (Fsp3) is 0.321.